The molecule has 0 saturated heterocycles. The topological polar surface area (TPSA) is 0 Å². The van der Waals surface area contributed by atoms with Crippen molar-refractivity contribution in [2.75, 3.05) is 0 Å². The second-order valence-electron chi connectivity index (χ2n) is 6.38. The van der Waals surface area contributed by atoms with E-state index >= 15 is 0 Å². The van der Waals surface area contributed by atoms with Crippen molar-refractivity contribution in [1.82, 2.24) is 0 Å². The predicted molar refractivity (Wildman–Crippen MR) is 74.7 cm³/mol. The first kappa shape index (κ1) is 15.3. The fraction of sp³-hybridized carbons (Fsp3) is 1.00. The first-order valence-electron chi connectivity index (χ1n) is 6.45. The van der Waals surface area contributed by atoms with E-state index < -0.39 is 0 Å². The molecular weight excluding hydrogens is 200 g/mol. The fourth-order valence-corrected chi connectivity index (χ4v) is 3.11. The van der Waals surface area contributed by atoms with Crippen LogP contribution in [0.5, 0.6) is 0 Å². The van der Waals surface area contributed by atoms with E-state index in [2.05, 4.69) is 41.5 Å². The Bertz CT molecular complexity index is 159. The zero-order chi connectivity index (χ0) is 12.1. The van der Waals surface area contributed by atoms with Gasteiger partial charge in [0, 0.05) is 4.75 Å². The molecule has 2 unspecified atom stereocenters. The molecule has 0 fully saturated rings. The van der Waals surface area contributed by atoms with Gasteiger partial charge in [-0.3, -0.25) is 0 Å². The highest BCUT2D eigenvalue weighted by molar-refractivity contribution is 7.81. The molecule has 2 atom stereocenters. The molecule has 0 radical (unpaired) electrons. The molecular formula is C14H30S. The van der Waals surface area contributed by atoms with Gasteiger partial charge >= 0.3 is 0 Å². The minimum absolute atomic E-state index is 0.227. The Morgan fingerprint density at radius 2 is 1.40 bits per heavy atom. The zero-order valence-corrected chi connectivity index (χ0v) is 12.4. The zero-order valence-electron chi connectivity index (χ0n) is 11.5. The van der Waals surface area contributed by atoms with E-state index in [1.54, 1.807) is 0 Å². The van der Waals surface area contributed by atoms with Gasteiger partial charge in [-0.05, 0) is 30.6 Å². The van der Waals surface area contributed by atoms with Crippen LogP contribution in [0.3, 0.4) is 0 Å². The summed E-state index contributed by atoms with van der Waals surface area (Å²) in [6, 6.07) is 0. The van der Waals surface area contributed by atoms with Crippen LogP contribution >= 0.6 is 12.6 Å². The molecule has 0 saturated carbocycles. The van der Waals surface area contributed by atoms with Gasteiger partial charge < -0.3 is 0 Å². The maximum Gasteiger partial charge on any atom is 0.0106 e. The van der Waals surface area contributed by atoms with Crippen LogP contribution in [-0.4, -0.2) is 4.75 Å². The van der Waals surface area contributed by atoms with Crippen molar-refractivity contribution in [3.8, 4) is 0 Å². The van der Waals surface area contributed by atoms with Gasteiger partial charge in [-0.15, -0.1) is 0 Å². The number of rotatable bonds is 7. The molecule has 0 rings (SSSR count). The third-order valence-electron chi connectivity index (χ3n) is 2.87. The molecule has 0 N–H and O–H groups in total. The van der Waals surface area contributed by atoms with E-state index in [0.29, 0.717) is 0 Å². The monoisotopic (exact) mass is 230 g/mol. The molecule has 0 aliphatic carbocycles. The van der Waals surface area contributed by atoms with E-state index in [-0.39, 0.29) is 4.75 Å². The van der Waals surface area contributed by atoms with Crippen molar-refractivity contribution < 1.29 is 0 Å². The minimum Gasteiger partial charge on any atom is -0.173 e. The van der Waals surface area contributed by atoms with Crippen molar-refractivity contribution in [1.29, 1.82) is 0 Å². The lowest BCUT2D eigenvalue weighted by Crippen LogP contribution is -2.22. The normalized spacial score (nSPS) is 18.2. The van der Waals surface area contributed by atoms with Crippen LogP contribution in [0, 0.1) is 17.8 Å². The Morgan fingerprint density at radius 3 is 1.80 bits per heavy atom. The lowest BCUT2D eigenvalue weighted by molar-refractivity contribution is 0.356. The molecule has 0 aromatic rings. The Morgan fingerprint density at radius 1 is 0.867 bits per heavy atom. The SMILES string of the molecule is CC(C)CCC(C)CC(C)(S)CC(C)C. The van der Waals surface area contributed by atoms with E-state index in [0.717, 1.165) is 17.8 Å². The van der Waals surface area contributed by atoms with Gasteiger partial charge in [0.15, 0.2) is 0 Å². The lowest BCUT2D eigenvalue weighted by atomic mass is 9.86. The van der Waals surface area contributed by atoms with E-state index in [1.165, 1.54) is 25.7 Å². The summed E-state index contributed by atoms with van der Waals surface area (Å²) in [5.74, 6) is 2.40. The van der Waals surface area contributed by atoms with Gasteiger partial charge in [0.2, 0.25) is 0 Å². The summed E-state index contributed by atoms with van der Waals surface area (Å²) in [5.41, 5.74) is 0. The third kappa shape index (κ3) is 9.29. The molecule has 0 bridgehead atoms. The van der Waals surface area contributed by atoms with E-state index in [9.17, 15) is 0 Å². The molecule has 0 nitrogen and oxygen atoms in total. The van der Waals surface area contributed by atoms with Crippen molar-refractivity contribution >= 4 is 12.6 Å². The second kappa shape index (κ2) is 6.83. The molecule has 0 aromatic heterocycles. The van der Waals surface area contributed by atoms with E-state index in [4.69, 9.17) is 12.6 Å². The maximum atomic E-state index is 4.81. The Hall–Kier alpha value is 0.350. The van der Waals surface area contributed by atoms with Crippen molar-refractivity contribution in [2.24, 2.45) is 17.8 Å². The van der Waals surface area contributed by atoms with Gasteiger partial charge in [0.1, 0.15) is 0 Å². The molecule has 0 aliphatic rings. The number of hydrogen-bond donors (Lipinski definition) is 1. The molecule has 0 aromatic carbocycles. The minimum atomic E-state index is 0.227. The second-order valence-corrected chi connectivity index (χ2v) is 7.46. The van der Waals surface area contributed by atoms with Crippen LogP contribution in [0.15, 0.2) is 0 Å². The van der Waals surface area contributed by atoms with Gasteiger partial charge in [-0.2, -0.15) is 12.6 Å². The third-order valence-corrected chi connectivity index (χ3v) is 3.24. The van der Waals surface area contributed by atoms with Gasteiger partial charge in [-0.1, -0.05) is 54.4 Å². The van der Waals surface area contributed by atoms with Crippen LogP contribution in [0.25, 0.3) is 0 Å². The summed E-state index contributed by atoms with van der Waals surface area (Å²) >= 11 is 4.81. The van der Waals surface area contributed by atoms with Crippen LogP contribution in [0.1, 0.15) is 67.2 Å². The van der Waals surface area contributed by atoms with Crippen molar-refractivity contribution in [2.45, 2.75) is 72.0 Å². The van der Waals surface area contributed by atoms with Crippen molar-refractivity contribution in [3.63, 3.8) is 0 Å². The predicted octanol–water partition coefficient (Wildman–Crippen LogP) is 5.18. The highest BCUT2D eigenvalue weighted by Crippen LogP contribution is 2.32. The maximum absolute atomic E-state index is 4.81. The average Bonchev–Trinajstić information content (AvgIpc) is 1.96. The van der Waals surface area contributed by atoms with Gasteiger partial charge in [0.25, 0.3) is 0 Å². The van der Waals surface area contributed by atoms with Crippen LogP contribution in [0.2, 0.25) is 0 Å². The first-order valence-corrected chi connectivity index (χ1v) is 6.90. The summed E-state index contributed by atoms with van der Waals surface area (Å²) in [5, 5.41) is 0. The Kier molecular flexibility index (Phi) is 6.99. The smallest absolute Gasteiger partial charge is 0.0106 e. The van der Waals surface area contributed by atoms with E-state index in [1.807, 2.05) is 0 Å². The average molecular weight is 230 g/mol. The largest absolute Gasteiger partial charge is 0.173 e. The fourth-order valence-electron chi connectivity index (χ4n) is 2.43. The Balaban J connectivity index is 3.87. The molecule has 92 valence electrons. The number of hydrogen-bond acceptors (Lipinski definition) is 1. The first-order chi connectivity index (χ1) is 6.73. The summed E-state index contributed by atoms with van der Waals surface area (Å²) in [4.78, 5) is 0. The Labute approximate surface area is 103 Å². The molecule has 0 aliphatic heterocycles. The summed E-state index contributed by atoms with van der Waals surface area (Å²) in [6.45, 7) is 13.8. The molecule has 0 heterocycles. The van der Waals surface area contributed by atoms with Crippen LogP contribution < -0.4 is 0 Å². The van der Waals surface area contributed by atoms with Gasteiger partial charge in [0.05, 0.1) is 0 Å². The molecule has 15 heavy (non-hydrogen) atoms. The van der Waals surface area contributed by atoms with Crippen LogP contribution in [0.4, 0.5) is 0 Å². The van der Waals surface area contributed by atoms with Crippen molar-refractivity contribution in [3.05, 3.63) is 0 Å². The molecule has 1 heteroatoms. The molecule has 0 spiro atoms. The number of thiol groups is 1. The standard InChI is InChI=1S/C14H30S/c1-11(2)7-8-13(5)10-14(6,15)9-12(3)4/h11-13,15H,7-10H2,1-6H3. The summed E-state index contributed by atoms with van der Waals surface area (Å²) in [6.07, 6.45) is 5.18. The van der Waals surface area contributed by atoms with Crippen LogP contribution in [-0.2, 0) is 0 Å². The summed E-state index contributed by atoms with van der Waals surface area (Å²) in [7, 11) is 0. The molecule has 0 amide bonds. The summed E-state index contributed by atoms with van der Waals surface area (Å²) < 4.78 is 0.227. The highest BCUT2D eigenvalue weighted by Gasteiger charge is 2.23. The van der Waals surface area contributed by atoms with Gasteiger partial charge in [-0.25, -0.2) is 0 Å². The lowest BCUT2D eigenvalue weighted by Gasteiger charge is -2.29. The highest BCUT2D eigenvalue weighted by atomic mass is 32.1. The quantitative estimate of drug-likeness (QED) is 0.572.